The molecule has 3 nitrogen and oxygen atoms in total. The van der Waals surface area contributed by atoms with Crippen LogP contribution in [0.4, 0.5) is 0 Å². The first-order valence-electron chi connectivity index (χ1n) is 5.32. The fourth-order valence-corrected chi connectivity index (χ4v) is 2.08. The van der Waals surface area contributed by atoms with Crippen molar-refractivity contribution < 1.29 is 4.79 Å². The van der Waals surface area contributed by atoms with Crippen LogP contribution in [0.3, 0.4) is 0 Å². The molecule has 0 aromatic carbocycles. The summed E-state index contributed by atoms with van der Waals surface area (Å²) in [4.78, 5) is 11.6. The second-order valence-electron chi connectivity index (χ2n) is 3.68. The van der Waals surface area contributed by atoms with E-state index in [1.54, 1.807) is 0 Å². The molecule has 2 N–H and O–H groups in total. The number of hydrogen-bond donors (Lipinski definition) is 2. The molecule has 1 aliphatic heterocycles. The van der Waals surface area contributed by atoms with E-state index in [9.17, 15) is 4.79 Å². The molecular weight excluding hydrogens is 196 g/mol. The first-order chi connectivity index (χ1) is 6.84. The van der Waals surface area contributed by atoms with Crippen molar-refractivity contribution in [3.8, 4) is 0 Å². The van der Waals surface area contributed by atoms with Gasteiger partial charge in [-0.05, 0) is 37.8 Å². The molecule has 1 rings (SSSR count). The molecule has 0 aromatic rings. The van der Waals surface area contributed by atoms with Crippen molar-refractivity contribution in [3.05, 3.63) is 0 Å². The van der Waals surface area contributed by atoms with Gasteiger partial charge in [-0.1, -0.05) is 0 Å². The van der Waals surface area contributed by atoms with Crippen molar-refractivity contribution in [2.75, 3.05) is 31.6 Å². The first kappa shape index (κ1) is 11.9. The largest absolute Gasteiger partial charge is 0.356 e. The number of nitrogens with one attached hydrogen (secondary N) is 2. The molecule has 1 saturated heterocycles. The predicted octanol–water partition coefficient (Wildman–Crippen LogP) is 0.855. The SMILES string of the molecule is CSCCCNC(=O)[C@H]1CCCNC1. The van der Waals surface area contributed by atoms with Crippen LogP contribution in [0.25, 0.3) is 0 Å². The highest BCUT2D eigenvalue weighted by atomic mass is 32.2. The van der Waals surface area contributed by atoms with Crippen LogP contribution in [-0.4, -0.2) is 37.6 Å². The lowest BCUT2D eigenvalue weighted by molar-refractivity contribution is -0.125. The number of amides is 1. The van der Waals surface area contributed by atoms with E-state index in [-0.39, 0.29) is 11.8 Å². The fraction of sp³-hybridized carbons (Fsp3) is 0.900. The Morgan fingerprint density at radius 1 is 1.64 bits per heavy atom. The van der Waals surface area contributed by atoms with Gasteiger partial charge in [0.2, 0.25) is 5.91 Å². The Labute approximate surface area is 90.4 Å². The normalized spacial score (nSPS) is 21.9. The van der Waals surface area contributed by atoms with Crippen molar-refractivity contribution in [1.82, 2.24) is 10.6 Å². The standard InChI is InChI=1S/C10H20N2OS/c1-14-7-3-6-12-10(13)9-4-2-5-11-8-9/h9,11H,2-8H2,1H3,(H,12,13)/t9-/m0/s1. The maximum absolute atomic E-state index is 11.6. The zero-order chi connectivity index (χ0) is 10.2. The Kier molecular flexibility index (Phi) is 6.03. The third-order valence-corrected chi connectivity index (χ3v) is 3.19. The molecule has 1 atom stereocenters. The Morgan fingerprint density at radius 2 is 2.50 bits per heavy atom. The molecule has 0 radical (unpaired) electrons. The third-order valence-electron chi connectivity index (χ3n) is 2.49. The van der Waals surface area contributed by atoms with Gasteiger partial charge in [0.15, 0.2) is 0 Å². The lowest BCUT2D eigenvalue weighted by atomic mass is 9.99. The summed E-state index contributed by atoms with van der Waals surface area (Å²) < 4.78 is 0. The molecule has 0 bridgehead atoms. The van der Waals surface area contributed by atoms with Crippen LogP contribution in [0, 0.1) is 5.92 Å². The van der Waals surface area contributed by atoms with Gasteiger partial charge in [-0.25, -0.2) is 0 Å². The second-order valence-corrected chi connectivity index (χ2v) is 4.67. The molecular formula is C10H20N2OS. The Hall–Kier alpha value is -0.220. The maximum atomic E-state index is 11.6. The van der Waals surface area contributed by atoms with E-state index >= 15 is 0 Å². The predicted molar refractivity (Wildman–Crippen MR) is 61.6 cm³/mol. The smallest absolute Gasteiger partial charge is 0.224 e. The van der Waals surface area contributed by atoms with Crippen molar-refractivity contribution in [1.29, 1.82) is 0 Å². The summed E-state index contributed by atoms with van der Waals surface area (Å²) in [6.07, 6.45) is 5.34. The Balaban J connectivity index is 2.07. The van der Waals surface area contributed by atoms with Crippen LogP contribution >= 0.6 is 11.8 Å². The quantitative estimate of drug-likeness (QED) is 0.670. The third kappa shape index (κ3) is 4.33. The van der Waals surface area contributed by atoms with Crippen LogP contribution in [0.1, 0.15) is 19.3 Å². The summed E-state index contributed by atoms with van der Waals surface area (Å²) >= 11 is 1.83. The molecule has 1 amide bonds. The Bertz CT molecular complexity index is 170. The summed E-state index contributed by atoms with van der Waals surface area (Å²) in [6.45, 7) is 2.75. The molecule has 14 heavy (non-hydrogen) atoms. The van der Waals surface area contributed by atoms with Gasteiger partial charge in [-0.3, -0.25) is 4.79 Å². The van der Waals surface area contributed by atoms with Crippen molar-refractivity contribution in [2.45, 2.75) is 19.3 Å². The van der Waals surface area contributed by atoms with Gasteiger partial charge in [0.1, 0.15) is 0 Å². The average molecular weight is 216 g/mol. The zero-order valence-electron chi connectivity index (χ0n) is 8.84. The topological polar surface area (TPSA) is 41.1 Å². The summed E-state index contributed by atoms with van der Waals surface area (Å²) in [6, 6.07) is 0. The minimum absolute atomic E-state index is 0.207. The molecule has 0 saturated carbocycles. The van der Waals surface area contributed by atoms with Crippen LogP contribution in [0.15, 0.2) is 0 Å². The fourth-order valence-electron chi connectivity index (χ4n) is 1.65. The van der Waals surface area contributed by atoms with Gasteiger partial charge in [0.25, 0.3) is 0 Å². The molecule has 0 spiro atoms. The van der Waals surface area contributed by atoms with E-state index in [1.165, 1.54) is 0 Å². The second kappa shape index (κ2) is 7.12. The monoisotopic (exact) mass is 216 g/mol. The van der Waals surface area contributed by atoms with Gasteiger partial charge in [0, 0.05) is 13.1 Å². The lowest BCUT2D eigenvalue weighted by Gasteiger charge is -2.21. The summed E-state index contributed by atoms with van der Waals surface area (Å²) in [5, 5.41) is 6.25. The van der Waals surface area contributed by atoms with Gasteiger partial charge in [-0.15, -0.1) is 0 Å². The van der Waals surface area contributed by atoms with E-state index in [1.807, 2.05) is 11.8 Å². The maximum Gasteiger partial charge on any atom is 0.224 e. The molecule has 0 unspecified atom stereocenters. The number of rotatable bonds is 5. The van der Waals surface area contributed by atoms with Gasteiger partial charge < -0.3 is 10.6 Å². The van der Waals surface area contributed by atoms with E-state index in [4.69, 9.17) is 0 Å². The van der Waals surface area contributed by atoms with Crippen LogP contribution < -0.4 is 10.6 Å². The van der Waals surface area contributed by atoms with Gasteiger partial charge in [-0.2, -0.15) is 11.8 Å². The van der Waals surface area contributed by atoms with Crippen molar-refractivity contribution in [2.24, 2.45) is 5.92 Å². The number of hydrogen-bond acceptors (Lipinski definition) is 3. The highest BCUT2D eigenvalue weighted by Crippen LogP contribution is 2.09. The van der Waals surface area contributed by atoms with Crippen molar-refractivity contribution >= 4 is 17.7 Å². The first-order valence-corrected chi connectivity index (χ1v) is 6.71. The summed E-state index contributed by atoms with van der Waals surface area (Å²) in [5.74, 6) is 1.57. The highest BCUT2D eigenvalue weighted by molar-refractivity contribution is 7.98. The van der Waals surface area contributed by atoms with Crippen LogP contribution in [0.2, 0.25) is 0 Å². The van der Waals surface area contributed by atoms with E-state index < -0.39 is 0 Å². The minimum Gasteiger partial charge on any atom is -0.356 e. The number of thioether (sulfide) groups is 1. The summed E-state index contributed by atoms with van der Waals surface area (Å²) in [7, 11) is 0. The zero-order valence-corrected chi connectivity index (χ0v) is 9.66. The highest BCUT2D eigenvalue weighted by Gasteiger charge is 2.19. The Morgan fingerprint density at radius 3 is 3.14 bits per heavy atom. The number of carbonyl (C=O) groups is 1. The van der Waals surface area contributed by atoms with Crippen LogP contribution in [0.5, 0.6) is 0 Å². The molecule has 1 heterocycles. The van der Waals surface area contributed by atoms with Gasteiger partial charge >= 0.3 is 0 Å². The van der Waals surface area contributed by atoms with Crippen molar-refractivity contribution in [3.63, 3.8) is 0 Å². The molecule has 1 aliphatic rings. The van der Waals surface area contributed by atoms with E-state index in [0.717, 1.165) is 44.6 Å². The molecule has 82 valence electrons. The summed E-state index contributed by atoms with van der Waals surface area (Å²) in [5.41, 5.74) is 0. The molecule has 4 heteroatoms. The number of carbonyl (C=O) groups excluding carboxylic acids is 1. The van der Waals surface area contributed by atoms with E-state index in [0.29, 0.717) is 0 Å². The molecule has 0 aromatic heterocycles. The number of piperidine rings is 1. The molecule has 0 aliphatic carbocycles. The van der Waals surface area contributed by atoms with Gasteiger partial charge in [0.05, 0.1) is 5.92 Å². The minimum atomic E-state index is 0.207. The average Bonchev–Trinajstić information content (AvgIpc) is 2.25. The van der Waals surface area contributed by atoms with E-state index in [2.05, 4.69) is 16.9 Å². The molecule has 1 fully saturated rings. The van der Waals surface area contributed by atoms with Crippen LogP contribution in [-0.2, 0) is 4.79 Å². The lowest BCUT2D eigenvalue weighted by Crippen LogP contribution is -2.40.